The van der Waals surface area contributed by atoms with Crippen molar-refractivity contribution in [1.82, 2.24) is 5.43 Å². The van der Waals surface area contributed by atoms with Gasteiger partial charge in [-0.1, -0.05) is 23.7 Å². The van der Waals surface area contributed by atoms with Crippen LogP contribution in [-0.4, -0.2) is 0 Å². The number of hydrazine groups is 1. The maximum Gasteiger partial charge on any atom is 0.193 e. The standard InChI is InChI=1S/C12H12Cl2N2O/c13-9-3-1-8(2-4-9)7-10(16-15)11-5-6-12(14)17-11/h1-6,10,16H,7,15H2. The van der Waals surface area contributed by atoms with Gasteiger partial charge < -0.3 is 4.42 Å². The van der Waals surface area contributed by atoms with Gasteiger partial charge in [-0.2, -0.15) is 0 Å². The summed E-state index contributed by atoms with van der Waals surface area (Å²) in [5, 5.41) is 1.07. The first-order valence-electron chi connectivity index (χ1n) is 5.15. The summed E-state index contributed by atoms with van der Waals surface area (Å²) in [6, 6.07) is 11.0. The summed E-state index contributed by atoms with van der Waals surface area (Å²) in [5.74, 6) is 6.23. The number of furan rings is 1. The van der Waals surface area contributed by atoms with Crippen molar-refractivity contribution < 1.29 is 4.42 Å². The van der Waals surface area contributed by atoms with E-state index in [9.17, 15) is 0 Å². The fourth-order valence-corrected chi connectivity index (χ4v) is 1.89. The average molecular weight is 271 g/mol. The first-order chi connectivity index (χ1) is 8.19. The second kappa shape index (κ2) is 5.56. The molecular weight excluding hydrogens is 259 g/mol. The van der Waals surface area contributed by atoms with Crippen LogP contribution in [0.2, 0.25) is 10.2 Å². The average Bonchev–Trinajstić information content (AvgIpc) is 2.75. The molecule has 17 heavy (non-hydrogen) atoms. The van der Waals surface area contributed by atoms with Crippen molar-refractivity contribution >= 4 is 23.2 Å². The zero-order valence-corrected chi connectivity index (χ0v) is 10.5. The summed E-state index contributed by atoms with van der Waals surface area (Å²) in [7, 11) is 0. The lowest BCUT2D eigenvalue weighted by molar-refractivity contribution is 0.417. The predicted octanol–water partition coefficient (Wildman–Crippen LogP) is 3.33. The highest BCUT2D eigenvalue weighted by Crippen LogP contribution is 2.23. The Hall–Kier alpha value is -1.00. The molecule has 1 aromatic carbocycles. The van der Waals surface area contributed by atoms with E-state index in [1.807, 2.05) is 30.3 Å². The molecule has 3 N–H and O–H groups in total. The van der Waals surface area contributed by atoms with E-state index in [1.165, 1.54) is 0 Å². The van der Waals surface area contributed by atoms with Crippen molar-refractivity contribution in [3.8, 4) is 0 Å². The number of nitrogens with two attached hydrogens (primary N) is 1. The van der Waals surface area contributed by atoms with E-state index in [0.717, 1.165) is 5.56 Å². The first-order valence-corrected chi connectivity index (χ1v) is 5.90. The SMILES string of the molecule is NNC(Cc1ccc(Cl)cc1)c1ccc(Cl)o1. The van der Waals surface area contributed by atoms with Crippen LogP contribution >= 0.6 is 23.2 Å². The number of hydrogen-bond donors (Lipinski definition) is 2. The van der Waals surface area contributed by atoms with Crippen LogP contribution in [0, 0.1) is 0 Å². The topological polar surface area (TPSA) is 51.2 Å². The molecule has 90 valence electrons. The van der Waals surface area contributed by atoms with Gasteiger partial charge in [0, 0.05) is 5.02 Å². The van der Waals surface area contributed by atoms with E-state index < -0.39 is 0 Å². The van der Waals surface area contributed by atoms with Crippen molar-refractivity contribution in [3.05, 3.63) is 58.0 Å². The van der Waals surface area contributed by atoms with Crippen LogP contribution in [0.4, 0.5) is 0 Å². The number of benzene rings is 1. The molecule has 5 heteroatoms. The van der Waals surface area contributed by atoms with Gasteiger partial charge in [-0.05, 0) is 47.9 Å². The highest BCUT2D eigenvalue weighted by Gasteiger charge is 2.14. The molecule has 0 aliphatic heterocycles. The van der Waals surface area contributed by atoms with Gasteiger partial charge >= 0.3 is 0 Å². The number of rotatable bonds is 4. The lowest BCUT2D eigenvalue weighted by Gasteiger charge is -2.13. The highest BCUT2D eigenvalue weighted by atomic mass is 35.5. The molecule has 0 aliphatic rings. The van der Waals surface area contributed by atoms with E-state index >= 15 is 0 Å². The zero-order chi connectivity index (χ0) is 12.3. The Kier molecular flexibility index (Phi) is 4.07. The predicted molar refractivity (Wildman–Crippen MR) is 68.9 cm³/mol. The van der Waals surface area contributed by atoms with Gasteiger partial charge in [0.1, 0.15) is 5.76 Å². The smallest absolute Gasteiger partial charge is 0.193 e. The summed E-state index contributed by atoms with van der Waals surface area (Å²) in [6.07, 6.45) is 0.706. The first kappa shape index (κ1) is 12.5. The lowest BCUT2D eigenvalue weighted by atomic mass is 10.0. The van der Waals surface area contributed by atoms with Crippen molar-refractivity contribution in [3.63, 3.8) is 0 Å². The van der Waals surface area contributed by atoms with Gasteiger partial charge in [-0.25, -0.2) is 5.43 Å². The lowest BCUT2D eigenvalue weighted by Crippen LogP contribution is -2.29. The minimum absolute atomic E-state index is 0.108. The van der Waals surface area contributed by atoms with Gasteiger partial charge in [0.15, 0.2) is 5.22 Å². The van der Waals surface area contributed by atoms with E-state index in [0.29, 0.717) is 22.4 Å². The molecular formula is C12H12Cl2N2O. The van der Waals surface area contributed by atoms with E-state index in [-0.39, 0.29) is 6.04 Å². The summed E-state index contributed by atoms with van der Waals surface area (Å²) >= 11 is 11.6. The largest absolute Gasteiger partial charge is 0.448 e. The van der Waals surface area contributed by atoms with Gasteiger partial charge in [0.05, 0.1) is 6.04 Å². The maximum absolute atomic E-state index is 5.83. The van der Waals surface area contributed by atoms with Crippen molar-refractivity contribution in [2.45, 2.75) is 12.5 Å². The zero-order valence-electron chi connectivity index (χ0n) is 8.99. The van der Waals surface area contributed by atoms with Gasteiger partial charge in [0.25, 0.3) is 0 Å². The van der Waals surface area contributed by atoms with Crippen LogP contribution in [0.5, 0.6) is 0 Å². The molecule has 0 spiro atoms. The summed E-state index contributed by atoms with van der Waals surface area (Å²) in [4.78, 5) is 0. The second-order valence-corrected chi connectivity index (χ2v) is 4.50. The molecule has 1 aromatic heterocycles. The Labute approximate surface area is 109 Å². The van der Waals surface area contributed by atoms with Gasteiger partial charge in [-0.3, -0.25) is 5.84 Å². The van der Waals surface area contributed by atoms with Crippen molar-refractivity contribution in [1.29, 1.82) is 0 Å². The third-order valence-corrected chi connectivity index (χ3v) is 2.95. The Morgan fingerprint density at radius 1 is 1.12 bits per heavy atom. The van der Waals surface area contributed by atoms with E-state index in [1.54, 1.807) is 6.07 Å². The van der Waals surface area contributed by atoms with Crippen LogP contribution in [0.3, 0.4) is 0 Å². The molecule has 0 radical (unpaired) electrons. The Morgan fingerprint density at radius 2 is 1.82 bits per heavy atom. The molecule has 0 fully saturated rings. The van der Waals surface area contributed by atoms with Crippen LogP contribution in [0.25, 0.3) is 0 Å². The van der Waals surface area contributed by atoms with E-state index in [4.69, 9.17) is 33.5 Å². The summed E-state index contributed by atoms with van der Waals surface area (Å²) < 4.78 is 5.33. The molecule has 0 bridgehead atoms. The molecule has 1 unspecified atom stereocenters. The minimum atomic E-state index is -0.108. The molecule has 0 saturated carbocycles. The Morgan fingerprint density at radius 3 is 2.35 bits per heavy atom. The fraction of sp³-hybridized carbons (Fsp3) is 0.167. The van der Waals surface area contributed by atoms with Crippen LogP contribution in [0.15, 0.2) is 40.8 Å². The fourth-order valence-electron chi connectivity index (χ4n) is 1.61. The number of nitrogens with one attached hydrogen (secondary N) is 1. The van der Waals surface area contributed by atoms with Gasteiger partial charge in [-0.15, -0.1) is 0 Å². The highest BCUT2D eigenvalue weighted by molar-refractivity contribution is 6.30. The Balaban J connectivity index is 2.12. The van der Waals surface area contributed by atoms with E-state index in [2.05, 4.69) is 5.43 Å². The van der Waals surface area contributed by atoms with Crippen LogP contribution in [-0.2, 0) is 6.42 Å². The summed E-state index contributed by atoms with van der Waals surface area (Å²) in [6.45, 7) is 0. The van der Waals surface area contributed by atoms with Crippen LogP contribution in [0.1, 0.15) is 17.4 Å². The molecule has 0 aliphatic carbocycles. The van der Waals surface area contributed by atoms with Crippen LogP contribution < -0.4 is 11.3 Å². The molecule has 2 aromatic rings. The molecule has 0 amide bonds. The Bertz CT molecular complexity index is 482. The third kappa shape index (κ3) is 3.23. The quantitative estimate of drug-likeness (QED) is 0.662. The molecule has 0 saturated heterocycles. The third-order valence-electron chi connectivity index (χ3n) is 2.49. The van der Waals surface area contributed by atoms with Crippen molar-refractivity contribution in [2.24, 2.45) is 5.84 Å². The summed E-state index contributed by atoms with van der Waals surface area (Å²) in [5.41, 5.74) is 3.83. The molecule has 1 atom stereocenters. The molecule has 1 heterocycles. The molecule has 3 nitrogen and oxygen atoms in total. The number of halogens is 2. The normalized spacial score (nSPS) is 12.6. The monoisotopic (exact) mass is 270 g/mol. The van der Waals surface area contributed by atoms with Gasteiger partial charge in [0.2, 0.25) is 0 Å². The van der Waals surface area contributed by atoms with Crippen molar-refractivity contribution in [2.75, 3.05) is 0 Å². The maximum atomic E-state index is 5.83. The second-order valence-electron chi connectivity index (χ2n) is 3.69. The molecule has 2 rings (SSSR count). The number of hydrogen-bond acceptors (Lipinski definition) is 3. The minimum Gasteiger partial charge on any atom is -0.448 e.